The number of imide groups is 1. The molecule has 0 saturated carbocycles. The van der Waals surface area contributed by atoms with Gasteiger partial charge in [0.25, 0.3) is 0 Å². The number of carbonyl (C=O) groups is 2. The second-order valence-corrected chi connectivity index (χ2v) is 8.62. The first-order chi connectivity index (χ1) is 9.65. The van der Waals surface area contributed by atoms with Gasteiger partial charge < -0.3 is 0 Å². The first-order valence-electron chi connectivity index (χ1n) is 7.23. The van der Waals surface area contributed by atoms with E-state index >= 15 is 0 Å². The van der Waals surface area contributed by atoms with Crippen molar-refractivity contribution in [2.24, 2.45) is 0 Å². The minimum absolute atomic E-state index is 0.141. The van der Waals surface area contributed by atoms with Gasteiger partial charge in [-0.25, -0.2) is 0 Å². The predicted molar refractivity (Wildman–Crippen MR) is 70.8 cm³/mol. The molecule has 122 valence electrons. The Labute approximate surface area is 131 Å². The molecule has 0 unspecified atom stereocenters. The SMILES string of the molecule is CC(C)[O][Ti]([O]C(C)C)([O]C(C)C)[O]N1C(=O)CCC1=O. The van der Waals surface area contributed by atoms with Crippen LogP contribution in [0.5, 0.6) is 0 Å². The van der Waals surface area contributed by atoms with Crippen LogP contribution in [0, 0.1) is 0 Å². The molecule has 0 bridgehead atoms. The molecule has 0 atom stereocenters. The standard InChI is InChI=1S/C4H4NO3.3C3H7O.Ti/c6-3-1-2-4(7)5(3)8;3*1-3(2)4;/h1-2H2;3*3H,1-2H3;/q4*-1;+4. The molecule has 21 heavy (non-hydrogen) atoms. The first kappa shape index (κ1) is 18.7. The van der Waals surface area contributed by atoms with Crippen LogP contribution in [0.25, 0.3) is 0 Å². The van der Waals surface area contributed by atoms with Gasteiger partial charge in [0, 0.05) is 0 Å². The Morgan fingerprint density at radius 1 is 0.810 bits per heavy atom. The molecule has 0 aromatic heterocycles. The van der Waals surface area contributed by atoms with Crippen molar-refractivity contribution in [3.05, 3.63) is 0 Å². The van der Waals surface area contributed by atoms with Crippen molar-refractivity contribution < 1.29 is 41.1 Å². The fourth-order valence-electron chi connectivity index (χ4n) is 1.78. The number of hydrogen-bond donors (Lipinski definition) is 0. The second-order valence-electron chi connectivity index (χ2n) is 5.67. The van der Waals surface area contributed by atoms with E-state index in [2.05, 4.69) is 0 Å². The summed E-state index contributed by atoms with van der Waals surface area (Å²) in [6.07, 6.45) is -0.356. The van der Waals surface area contributed by atoms with Crippen LogP contribution in [0.3, 0.4) is 0 Å². The van der Waals surface area contributed by atoms with Gasteiger partial charge >= 0.3 is 131 Å². The fraction of sp³-hybridized carbons (Fsp3) is 0.846. The van der Waals surface area contributed by atoms with E-state index in [1.165, 1.54) is 0 Å². The van der Waals surface area contributed by atoms with Crippen molar-refractivity contribution in [1.29, 1.82) is 0 Å². The van der Waals surface area contributed by atoms with E-state index in [0.717, 1.165) is 5.06 Å². The zero-order valence-corrected chi connectivity index (χ0v) is 15.1. The van der Waals surface area contributed by atoms with Crippen molar-refractivity contribution >= 4 is 11.8 Å². The van der Waals surface area contributed by atoms with E-state index < -0.39 is 18.1 Å². The Balaban J connectivity index is 3.01. The van der Waals surface area contributed by atoms with Gasteiger partial charge in [0.15, 0.2) is 0 Å². The summed E-state index contributed by atoms with van der Waals surface area (Å²) in [6.45, 7) is 10.9. The Bertz CT molecular complexity index is 342. The third-order valence-electron chi connectivity index (χ3n) is 2.35. The van der Waals surface area contributed by atoms with Gasteiger partial charge in [0.1, 0.15) is 0 Å². The van der Waals surface area contributed by atoms with E-state index in [1.54, 1.807) is 0 Å². The zero-order valence-electron chi connectivity index (χ0n) is 13.5. The van der Waals surface area contributed by atoms with Crippen molar-refractivity contribution in [3.8, 4) is 0 Å². The van der Waals surface area contributed by atoms with E-state index in [9.17, 15) is 9.59 Å². The van der Waals surface area contributed by atoms with Crippen molar-refractivity contribution in [2.45, 2.75) is 72.7 Å². The molecule has 8 heteroatoms. The average molecular weight is 339 g/mol. The molecule has 2 amide bonds. The number of carbonyl (C=O) groups excluding carboxylic acids is 2. The minimum atomic E-state index is -4.25. The summed E-state index contributed by atoms with van der Waals surface area (Å²) in [5.41, 5.74) is 0. The van der Waals surface area contributed by atoms with Crippen LogP contribution in [-0.4, -0.2) is 35.2 Å². The van der Waals surface area contributed by atoms with Gasteiger partial charge in [-0.1, -0.05) is 0 Å². The summed E-state index contributed by atoms with van der Waals surface area (Å²) in [5, 5.41) is 0.757. The summed E-state index contributed by atoms with van der Waals surface area (Å²) in [7, 11) is 0. The zero-order chi connectivity index (χ0) is 16.2. The van der Waals surface area contributed by atoms with E-state index in [4.69, 9.17) is 13.4 Å². The molecule has 1 fully saturated rings. The van der Waals surface area contributed by atoms with Crippen molar-refractivity contribution in [1.82, 2.24) is 5.06 Å². The summed E-state index contributed by atoms with van der Waals surface area (Å²) >= 11 is -4.25. The molecule has 1 aliphatic heterocycles. The predicted octanol–water partition coefficient (Wildman–Crippen LogP) is 2.16. The van der Waals surface area contributed by atoms with Gasteiger partial charge in [0.2, 0.25) is 0 Å². The van der Waals surface area contributed by atoms with Gasteiger partial charge in [-0.05, 0) is 0 Å². The molecule has 0 spiro atoms. The fourth-order valence-corrected chi connectivity index (χ4v) is 5.62. The Hall–Kier alpha value is -0.306. The molecule has 0 radical (unpaired) electrons. The summed E-state index contributed by atoms with van der Waals surface area (Å²) < 4.78 is 23.0. The van der Waals surface area contributed by atoms with Crippen LogP contribution in [0.4, 0.5) is 0 Å². The van der Waals surface area contributed by atoms with Crippen LogP contribution >= 0.6 is 0 Å². The molecule has 1 aliphatic rings. The molecule has 0 aromatic rings. The molecular formula is C13H25NO6Ti. The Morgan fingerprint density at radius 3 is 1.43 bits per heavy atom. The normalized spacial score (nSPS) is 16.9. The van der Waals surface area contributed by atoms with Gasteiger partial charge in [0.05, 0.1) is 0 Å². The second kappa shape index (κ2) is 7.81. The number of hydroxylamine groups is 2. The number of hydrogen-bond acceptors (Lipinski definition) is 6. The molecule has 1 heterocycles. The molecular weight excluding hydrogens is 314 g/mol. The van der Waals surface area contributed by atoms with Crippen LogP contribution in [-0.2, 0) is 41.1 Å². The Kier molecular flexibility index (Phi) is 6.97. The number of rotatable bonds is 8. The van der Waals surface area contributed by atoms with Crippen molar-refractivity contribution in [3.63, 3.8) is 0 Å². The van der Waals surface area contributed by atoms with Crippen LogP contribution < -0.4 is 0 Å². The maximum absolute atomic E-state index is 11.8. The third-order valence-corrected chi connectivity index (χ3v) is 6.54. The summed E-state index contributed by atoms with van der Waals surface area (Å²) in [6, 6.07) is 0. The Morgan fingerprint density at radius 2 is 1.14 bits per heavy atom. The van der Waals surface area contributed by atoms with Crippen LogP contribution in [0.1, 0.15) is 54.4 Å². The van der Waals surface area contributed by atoms with Gasteiger partial charge in [-0.2, -0.15) is 0 Å². The van der Waals surface area contributed by atoms with E-state index in [-0.39, 0.29) is 43.0 Å². The summed E-state index contributed by atoms with van der Waals surface area (Å²) in [5.74, 6) is -0.774. The topological polar surface area (TPSA) is 74.3 Å². The molecule has 0 aromatic carbocycles. The van der Waals surface area contributed by atoms with Gasteiger partial charge in [-0.3, -0.25) is 0 Å². The number of amides is 2. The molecule has 1 rings (SSSR count). The average Bonchev–Trinajstić information content (AvgIpc) is 2.57. The monoisotopic (exact) mass is 339 g/mol. The molecule has 0 N–H and O–H groups in total. The van der Waals surface area contributed by atoms with Crippen molar-refractivity contribution in [2.75, 3.05) is 0 Å². The van der Waals surface area contributed by atoms with Crippen LogP contribution in [0.15, 0.2) is 0 Å². The molecule has 1 saturated heterocycles. The summed E-state index contributed by atoms with van der Waals surface area (Å²) in [4.78, 5) is 23.5. The quantitative estimate of drug-likeness (QED) is 0.498. The van der Waals surface area contributed by atoms with E-state index in [0.29, 0.717) is 0 Å². The first-order valence-corrected chi connectivity index (χ1v) is 9.78. The maximum atomic E-state index is 11.8. The van der Waals surface area contributed by atoms with E-state index in [1.807, 2.05) is 41.5 Å². The number of nitrogens with zero attached hydrogens (tertiary/aromatic N) is 1. The van der Waals surface area contributed by atoms with Gasteiger partial charge in [-0.15, -0.1) is 0 Å². The third kappa shape index (κ3) is 5.77. The molecule has 7 nitrogen and oxygen atoms in total. The molecule has 0 aliphatic carbocycles. The van der Waals surface area contributed by atoms with Crippen LogP contribution in [0.2, 0.25) is 0 Å².